The number of carbonyl (C=O) groups excluding carboxylic acids is 1. The van der Waals surface area contributed by atoms with Gasteiger partial charge >= 0.3 is 0 Å². The number of nitrogens with zero attached hydrogens (tertiary/aromatic N) is 1. The van der Waals surface area contributed by atoms with Crippen molar-refractivity contribution in [3.63, 3.8) is 0 Å². The molecule has 5 heteroatoms. The third-order valence-electron chi connectivity index (χ3n) is 4.24. The fourth-order valence-corrected chi connectivity index (χ4v) is 3.05. The van der Waals surface area contributed by atoms with Gasteiger partial charge in [-0.15, -0.1) is 0 Å². The number of carbonyl (C=O) groups is 1. The van der Waals surface area contributed by atoms with Gasteiger partial charge in [0, 0.05) is 25.3 Å². The maximum atomic E-state index is 12.3. The van der Waals surface area contributed by atoms with E-state index in [4.69, 9.17) is 11.6 Å². The first-order valence-electron chi connectivity index (χ1n) is 7.31. The number of hydrogen-bond donors (Lipinski definition) is 2. The van der Waals surface area contributed by atoms with Gasteiger partial charge in [-0.2, -0.15) is 0 Å². The molecule has 0 radical (unpaired) electrons. The Morgan fingerprint density at radius 3 is 3.00 bits per heavy atom. The summed E-state index contributed by atoms with van der Waals surface area (Å²) in [6.07, 6.45) is 4.18. The molecule has 0 aromatic carbocycles. The number of amides is 1. The Hall–Kier alpha value is -1.00. The van der Waals surface area contributed by atoms with Crippen molar-refractivity contribution < 1.29 is 4.79 Å². The molecule has 1 unspecified atom stereocenters. The summed E-state index contributed by atoms with van der Waals surface area (Å²) >= 11 is 5.97. The normalized spacial score (nSPS) is 21.7. The summed E-state index contributed by atoms with van der Waals surface area (Å²) in [6, 6.07) is 2.04. The SMILES string of the molecule is CCn1cc(Cl)cc1C(=O)NCC1NCCCC1(C)C. The number of nitrogens with one attached hydrogen (secondary N) is 2. The predicted molar refractivity (Wildman–Crippen MR) is 82.3 cm³/mol. The van der Waals surface area contributed by atoms with Gasteiger partial charge in [-0.25, -0.2) is 0 Å². The van der Waals surface area contributed by atoms with Gasteiger partial charge in [-0.1, -0.05) is 25.4 Å². The van der Waals surface area contributed by atoms with Crippen LogP contribution in [0.15, 0.2) is 12.3 Å². The van der Waals surface area contributed by atoms with Gasteiger partial charge in [-0.05, 0) is 37.8 Å². The lowest BCUT2D eigenvalue weighted by molar-refractivity contribution is 0.0920. The maximum absolute atomic E-state index is 12.3. The first kappa shape index (κ1) is 15.4. The van der Waals surface area contributed by atoms with Crippen molar-refractivity contribution in [1.82, 2.24) is 15.2 Å². The summed E-state index contributed by atoms with van der Waals surface area (Å²) in [6.45, 7) is 8.92. The van der Waals surface area contributed by atoms with Crippen molar-refractivity contribution >= 4 is 17.5 Å². The van der Waals surface area contributed by atoms with Crippen molar-refractivity contribution in [3.8, 4) is 0 Å². The van der Waals surface area contributed by atoms with Crippen LogP contribution in [-0.2, 0) is 6.54 Å². The lowest BCUT2D eigenvalue weighted by Gasteiger charge is -2.39. The highest BCUT2D eigenvalue weighted by atomic mass is 35.5. The Balaban J connectivity index is 1.98. The molecule has 1 aliphatic rings. The van der Waals surface area contributed by atoms with E-state index in [1.165, 1.54) is 12.8 Å². The minimum Gasteiger partial charge on any atom is -0.349 e. The molecule has 0 aliphatic carbocycles. The van der Waals surface area contributed by atoms with E-state index in [1.54, 1.807) is 12.3 Å². The molecule has 4 nitrogen and oxygen atoms in total. The molecule has 2 rings (SSSR count). The van der Waals surface area contributed by atoms with Crippen LogP contribution in [0.1, 0.15) is 44.1 Å². The van der Waals surface area contributed by atoms with Gasteiger partial charge in [0.1, 0.15) is 5.69 Å². The molecule has 0 saturated carbocycles. The Labute approximate surface area is 125 Å². The minimum absolute atomic E-state index is 0.0538. The van der Waals surface area contributed by atoms with Crippen molar-refractivity contribution in [2.24, 2.45) is 5.41 Å². The molecule has 20 heavy (non-hydrogen) atoms. The third-order valence-corrected chi connectivity index (χ3v) is 4.44. The van der Waals surface area contributed by atoms with Crippen LogP contribution < -0.4 is 10.6 Å². The molecule has 0 bridgehead atoms. The highest BCUT2D eigenvalue weighted by Gasteiger charge is 2.32. The molecule has 1 amide bonds. The van der Waals surface area contributed by atoms with E-state index >= 15 is 0 Å². The quantitative estimate of drug-likeness (QED) is 0.897. The van der Waals surface area contributed by atoms with Crippen LogP contribution in [0.4, 0.5) is 0 Å². The van der Waals surface area contributed by atoms with Crippen LogP contribution in [0.25, 0.3) is 0 Å². The van der Waals surface area contributed by atoms with Crippen LogP contribution in [0, 0.1) is 5.41 Å². The molecule has 1 fully saturated rings. The highest BCUT2D eigenvalue weighted by Crippen LogP contribution is 2.29. The molecule has 0 spiro atoms. The van der Waals surface area contributed by atoms with Crippen LogP contribution >= 0.6 is 11.6 Å². The second-order valence-corrected chi connectivity index (χ2v) is 6.57. The van der Waals surface area contributed by atoms with E-state index in [1.807, 2.05) is 11.5 Å². The second kappa shape index (κ2) is 6.19. The summed E-state index contributed by atoms with van der Waals surface area (Å²) in [5, 5.41) is 7.14. The second-order valence-electron chi connectivity index (χ2n) is 6.14. The summed E-state index contributed by atoms with van der Waals surface area (Å²) in [4.78, 5) is 12.3. The molecule has 112 valence electrons. The van der Waals surface area contributed by atoms with Crippen molar-refractivity contribution in [1.29, 1.82) is 0 Å². The predicted octanol–water partition coefficient (Wildman–Crippen LogP) is 2.67. The molecular weight excluding hydrogens is 274 g/mol. The molecule has 2 N–H and O–H groups in total. The standard InChI is InChI=1S/C15H24ClN3O/c1-4-19-10-11(16)8-12(19)14(20)18-9-13-15(2,3)6-5-7-17-13/h8,10,13,17H,4-7,9H2,1-3H3,(H,18,20). The molecule has 1 aromatic rings. The van der Waals surface area contributed by atoms with Gasteiger partial charge in [-0.3, -0.25) is 4.79 Å². The zero-order valence-corrected chi connectivity index (χ0v) is 13.3. The Kier molecular flexibility index (Phi) is 4.76. The number of rotatable bonds is 4. The topological polar surface area (TPSA) is 46.1 Å². The van der Waals surface area contributed by atoms with E-state index in [-0.39, 0.29) is 11.3 Å². The number of hydrogen-bond acceptors (Lipinski definition) is 2. The van der Waals surface area contributed by atoms with E-state index in [0.717, 1.165) is 13.1 Å². The first-order valence-corrected chi connectivity index (χ1v) is 7.69. The highest BCUT2D eigenvalue weighted by molar-refractivity contribution is 6.31. The Morgan fingerprint density at radius 1 is 1.60 bits per heavy atom. The molecule has 1 aromatic heterocycles. The average molecular weight is 298 g/mol. The van der Waals surface area contributed by atoms with Crippen LogP contribution in [0.2, 0.25) is 5.02 Å². The Bertz CT molecular complexity index is 481. The van der Waals surface area contributed by atoms with Crippen LogP contribution in [0.5, 0.6) is 0 Å². The number of halogens is 1. The first-order chi connectivity index (χ1) is 9.44. The summed E-state index contributed by atoms with van der Waals surface area (Å²) in [5.74, 6) is -0.0538. The van der Waals surface area contributed by atoms with Gasteiger partial charge in [0.15, 0.2) is 0 Å². The lowest BCUT2D eigenvalue weighted by Crippen LogP contribution is -2.52. The molecule has 2 heterocycles. The van der Waals surface area contributed by atoms with Gasteiger partial charge in [0.25, 0.3) is 5.91 Å². The fraction of sp³-hybridized carbons (Fsp3) is 0.667. The van der Waals surface area contributed by atoms with Crippen molar-refractivity contribution in [3.05, 3.63) is 23.0 Å². The maximum Gasteiger partial charge on any atom is 0.268 e. The van der Waals surface area contributed by atoms with Gasteiger partial charge in [0.2, 0.25) is 0 Å². The van der Waals surface area contributed by atoms with E-state index in [2.05, 4.69) is 24.5 Å². The third kappa shape index (κ3) is 3.36. The largest absolute Gasteiger partial charge is 0.349 e. The number of aromatic nitrogens is 1. The zero-order chi connectivity index (χ0) is 14.8. The summed E-state index contributed by atoms with van der Waals surface area (Å²) in [7, 11) is 0. The van der Waals surface area contributed by atoms with E-state index in [0.29, 0.717) is 23.3 Å². The smallest absolute Gasteiger partial charge is 0.268 e. The number of piperidine rings is 1. The fourth-order valence-electron chi connectivity index (χ4n) is 2.83. The van der Waals surface area contributed by atoms with Gasteiger partial charge in [0.05, 0.1) is 5.02 Å². The van der Waals surface area contributed by atoms with E-state index in [9.17, 15) is 4.79 Å². The molecule has 1 saturated heterocycles. The van der Waals surface area contributed by atoms with Gasteiger partial charge < -0.3 is 15.2 Å². The average Bonchev–Trinajstić information content (AvgIpc) is 2.78. The monoisotopic (exact) mass is 297 g/mol. The Morgan fingerprint density at radius 2 is 2.35 bits per heavy atom. The zero-order valence-electron chi connectivity index (χ0n) is 12.5. The number of aryl methyl sites for hydroxylation is 1. The summed E-state index contributed by atoms with van der Waals surface area (Å²) < 4.78 is 1.87. The molecular formula is C15H24ClN3O. The minimum atomic E-state index is -0.0538. The van der Waals surface area contributed by atoms with Crippen molar-refractivity contribution in [2.45, 2.75) is 46.2 Å². The van der Waals surface area contributed by atoms with E-state index < -0.39 is 0 Å². The summed E-state index contributed by atoms with van der Waals surface area (Å²) in [5.41, 5.74) is 0.849. The molecule has 1 atom stereocenters. The van der Waals surface area contributed by atoms with Crippen LogP contribution in [-0.4, -0.2) is 29.6 Å². The van der Waals surface area contributed by atoms with Crippen LogP contribution in [0.3, 0.4) is 0 Å². The lowest BCUT2D eigenvalue weighted by atomic mass is 9.77. The van der Waals surface area contributed by atoms with Crippen molar-refractivity contribution in [2.75, 3.05) is 13.1 Å². The molecule has 1 aliphatic heterocycles.